The molecule has 0 saturated heterocycles. The zero-order chi connectivity index (χ0) is 12.1. The summed E-state index contributed by atoms with van der Waals surface area (Å²) in [6.45, 7) is 5.78. The average molecular weight is 222 g/mol. The highest BCUT2D eigenvalue weighted by Gasteiger charge is 2.20. The summed E-state index contributed by atoms with van der Waals surface area (Å²) < 4.78 is 5.30. The minimum absolute atomic E-state index is 0.0777. The van der Waals surface area contributed by atoms with Crippen LogP contribution in [-0.4, -0.2) is 6.10 Å². The van der Waals surface area contributed by atoms with Gasteiger partial charge in [-0.25, -0.2) is 0 Å². The molecule has 0 saturated carbocycles. The molecule has 0 aliphatic rings. The third-order valence-electron chi connectivity index (χ3n) is 2.26. The van der Waals surface area contributed by atoms with Crippen LogP contribution in [0.5, 0.6) is 5.75 Å². The third-order valence-corrected chi connectivity index (χ3v) is 2.26. The average Bonchev–Trinajstić information content (AvgIpc) is 2.26. The van der Waals surface area contributed by atoms with Gasteiger partial charge in [-0.05, 0) is 20.3 Å². The summed E-state index contributed by atoms with van der Waals surface area (Å²) in [6, 6.07) is 0. The van der Waals surface area contributed by atoms with Crippen molar-refractivity contribution in [2.45, 2.75) is 46.1 Å². The van der Waals surface area contributed by atoms with Crippen LogP contribution in [0.3, 0.4) is 0 Å². The standard InChI is InChI=1S/C13H18O3/c1-4-5-6-7-8-10-11(14)12(15)13(10)16-9(2)3/h7-9H,4-6H2,1-3H3/b8-7+. The maximum atomic E-state index is 11.3. The van der Waals surface area contributed by atoms with Crippen LogP contribution >= 0.6 is 0 Å². The van der Waals surface area contributed by atoms with E-state index in [9.17, 15) is 9.59 Å². The molecule has 0 unspecified atom stereocenters. The Morgan fingerprint density at radius 3 is 2.50 bits per heavy atom. The highest BCUT2D eigenvalue weighted by atomic mass is 16.5. The van der Waals surface area contributed by atoms with E-state index in [1.165, 1.54) is 0 Å². The fourth-order valence-corrected chi connectivity index (χ4v) is 1.42. The van der Waals surface area contributed by atoms with Crippen LogP contribution in [0.25, 0.3) is 6.08 Å². The first-order valence-corrected chi connectivity index (χ1v) is 5.74. The van der Waals surface area contributed by atoms with Crippen LogP contribution in [0.4, 0.5) is 0 Å². The van der Waals surface area contributed by atoms with Gasteiger partial charge < -0.3 is 4.74 Å². The first-order valence-electron chi connectivity index (χ1n) is 5.74. The molecule has 0 N–H and O–H groups in total. The van der Waals surface area contributed by atoms with Crippen molar-refractivity contribution >= 4 is 6.08 Å². The summed E-state index contributed by atoms with van der Waals surface area (Å²) in [5.41, 5.74) is -0.498. The highest BCUT2D eigenvalue weighted by molar-refractivity contribution is 5.61. The van der Waals surface area contributed by atoms with Crippen molar-refractivity contribution in [3.05, 3.63) is 32.1 Å². The molecule has 3 nitrogen and oxygen atoms in total. The Morgan fingerprint density at radius 2 is 1.94 bits per heavy atom. The van der Waals surface area contributed by atoms with E-state index >= 15 is 0 Å². The lowest BCUT2D eigenvalue weighted by molar-refractivity contribution is 0.236. The molecule has 16 heavy (non-hydrogen) atoms. The van der Waals surface area contributed by atoms with E-state index in [1.54, 1.807) is 6.08 Å². The van der Waals surface area contributed by atoms with Crippen LogP contribution in [0.15, 0.2) is 15.7 Å². The molecule has 1 rings (SSSR count). The predicted molar refractivity (Wildman–Crippen MR) is 65.7 cm³/mol. The fraction of sp³-hybridized carbons (Fsp3) is 0.538. The van der Waals surface area contributed by atoms with E-state index in [0.717, 1.165) is 19.3 Å². The van der Waals surface area contributed by atoms with Gasteiger partial charge >= 0.3 is 0 Å². The van der Waals surface area contributed by atoms with Gasteiger partial charge in [0.2, 0.25) is 5.43 Å². The predicted octanol–water partition coefficient (Wildman–Crippen LogP) is 2.27. The van der Waals surface area contributed by atoms with Gasteiger partial charge in [-0.15, -0.1) is 0 Å². The van der Waals surface area contributed by atoms with E-state index in [0.29, 0.717) is 5.56 Å². The lowest BCUT2D eigenvalue weighted by atomic mass is 10.1. The molecule has 0 aliphatic heterocycles. The molecule has 0 atom stereocenters. The normalized spacial score (nSPS) is 11.8. The van der Waals surface area contributed by atoms with E-state index in [2.05, 4.69) is 6.92 Å². The minimum Gasteiger partial charge on any atom is -0.486 e. The summed E-state index contributed by atoms with van der Waals surface area (Å²) in [6.07, 6.45) is 6.68. The largest absolute Gasteiger partial charge is 0.486 e. The first kappa shape index (κ1) is 12.7. The molecule has 0 aromatic heterocycles. The van der Waals surface area contributed by atoms with Crippen LogP contribution < -0.4 is 15.6 Å². The number of unbranched alkanes of at least 4 members (excludes halogenated alkanes) is 2. The van der Waals surface area contributed by atoms with Gasteiger partial charge in [0, 0.05) is 0 Å². The summed E-state index contributed by atoms with van der Waals surface area (Å²) in [4.78, 5) is 22.5. The van der Waals surface area contributed by atoms with Gasteiger partial charge in [0.15, 0.2) is 5.75 Å². The molecule has 1 aromatic carbocycles. The fourth-order valence-electron chi connectivity index (χ4n) is 1.42. The summed E-state index contributed by atoms with van der Waals surface area (Å²) >= 11 is 0. The maximum absolute atomic E-state index is 11.3. The molecule has 0 fully saturated rings. The van der Waals surface area contributed by atoms with Crippen molar-refractivity contribution in [2.24, 2.45) is 0 Å². The third kappa shape index (κ3) is 2.81. The number of hydrogen-bond acceptors (Lipinski definition) is 3. The van der Waals surface area contributed by atoms with E-state index < -0.39 is 10.9 Å². The lowest BCUT2D eigenvalue weighted by Crippen LogP contribution is -2.36. The van der Waals surface area contributed by atoms with Crippen molar-refractivity contribution in [2.75, 3.05) is 0 Å². The Bertz CT molecular complexity index is 434. The van der Waals surface area contributed by atoms with Gasteiger partial charge in [0.1, 0.15) is 0 Å². The summed E-state index contributed by atoms with van der Waals surface area (Å²) in [5.74, 6) is 0.229. The van der Waals surface area contributed by atoms with Crippen LogP contribution in [0, 0.1) is 0 Å². The molecule has 0 amide bonds. The topological polar surface area (TPSA) is 43.4 Å². The van der Waals surface area contributed by atoms with E-state index in [-0.39, 0.29) is 11.9 Å². The monoisotopic (exact) mass is 222 g/mol. The molecule has 0 spiro atoms. The van der Waals surface area contributed by atoms with Crippen molar-refractivity contribution in [3.63, 3.8) is 0 Å². The molecule has 3 heteroatoms. The van der Waals surface area contributed by atoms with E-state index in [4.69, 9.17) is 4.74 Å². The van der Waals surface area contributed by atoms with Gasteiger partial charge in [-0.2, -0.15) is 0 Å². The Morgan fingerprint density at radius 1 is 1.25 bits per heavy atom. The number of hydrogen-bond donors (Lipinski definition) is 0. The second-order valence-corrected chi connectivity index (χ2v) is 4.11. The van der Waals surface area contributed by atoms with E-state index in [1.807, 2.05) is 19.9 Å². The molecule has 0 bridgehead atoms. The smallest absolute Gasteiger partial charge is 0.268 e. The van der Waals surface area contributed by atoms with Crippen molar-refractivity contribution in [3.8, 4) is 5.75 Å². The second-order valence-electron chi connectivity index (χ2n) is 4.11. The zero-order valence-electron chi connectivity index (χ0n) is 10.1. The summed E-state index contributed by atoms with van der Waals surface area (Å²) in [7, 11) is 0. The van der Waals surface area contributed by atoms with Crippen LogP contribution in [-0.2, 0) is 0 Å². The molecule has 1 aromatic rings. The quantitative estimate of drug-likeness (QED) is 0.548. The minimum atomic E-state index is -0.496. The molecule has 0 radical (unpaired) electrons. The molecule has 0 heterocycles. The molecule has 88 valence electrons. The van der Waals surface area contributed by atoms with Crippen LogP contribution in [0.2, 0.25) is 0 Å². The van der Waals surface area contributed by atoms with Gasteiger partial charge in [0.05, 0.1) is 11.7 Å². The van der Waals surface area contributed by atoms with Crippen molar-refractivity contribution < 1.29 is 4.74 Å². The SMILES string of the molecule is CCCC/C=C/c1c(OC(C)C)c(=O)c1=O. The molecular formula is C13H18O3. The number of allylic oxidation sites excluding steroid dienone is 1. The van der Waals surface area contributed by atoms with Gasteiger partial charge in [0.25, 0.3) is 5.43 Å². The van der Waals surface area contributed by atoms with Gasteiger partial charge in [-0.1, -0.05) is 31.9 Å². The van der Waals surface area contributed by atoms with Gasteiger partial charge in [-0.3, -0.25) is 9.59 Å². The first-order chi connectivity index (χ1) is 7.57. The Labute approximate surface area is 95.4 Å². The molecule has 0 aliphatic carbocycles. The van der Waals surface area contributed by atoms with Crippen LogP contribution in [0.1, 0.15) is 45.6 Å². The number of rotatable bonds is 6. The van der Waals surface area contributed by atoms with Crippen molar-refractivity contribution in [1.82, 2.24) is 0 Å². The number of ether oxygens (including phenoxy) is 1. The Hall–Kier alpha value is -1.38. The Balaban J connectivity index is 2.73. The zero-order valence-corrected chi connectivity index (χ0v) is 10.1. The second kappa shape index (κ2) is 5.64. The molecular weight excluding hydrogens is 204 g/mol. The highest BCUT2D eigenvalue weighted by Crippen LogP contribution is 2.15. The Kier molecular flexibility index (Phi) is 4.47. The maximum Gasteiger partial charge on any atom is 0.268 e. The summed E-state index contributed by atoms with van der Waals surface area (Å²) in [5, 5.41) is 0. The lowest BCUT2D eigenvalue weighted by Gasteiger charge is -2.12. The van der Waals surface area contributed by atoms with Crippen molar-refractivity contribution in [1.29, 1.82) is 0 Å².